The molecular formula is C47H73NO35. The van der Waals surface area contributed by atoms with Gasteiger partial charge in [-0.3, -0.25) is 0 Å². The summed E-state index contributed by atoms with van der Waals surface area (Å²) in [6.07, 6.45) is -61.4. The second kappa shape index (κ2) is 28.4. The van der Waals surface area contributed by atoms with Crippen molar-refractivity contribution in [1.29, 1.82) is 0 Å². The van der Waals surface area contributed by atoms with E-state index in [0.717, 1.165) is 7.11 Å². The van der Waals surface area contributed by atoms with Gasteiger partial charge in [0.15, 0.2) is 37.7 Å². The van der Waals surface area contributed by atoms with Crippen LogP contribution >= 0.6 is 0 Å². The summed E-state index contributed by atoms with van der Waals surface area (Å²) in [6, 6.07) is 3.76. The summed E-state index contributed by atoms with van der Waals surface area (Å²) in [5.41, 5.74) is 5.72. The second-order valence-corrected chi connectivity index (χ2v) is 20.7. The summed E-state index contributed by atoms with van der Waals surface area (Å²) in [6.45, 7) is -5.15. The molecule has 0 amide bonds. The standard InChI is InChI=1S/C47H73NO35/c1-69-40(68)13-4-12(48)2-3-17(13)76-44-34(65)27(58)37(18(5-49)77-44)81-46-35(66)28(59)39(21(79-46)11-75-43-32(63)24(55)16(52)8-72-43)83-47-36(67)29(60)38(20(80-47)10-74-42-31(62)23(54)15(51)7-71-42)82-45-33(64)26(57)25(56)19(78-45)9-73-41-30(61)22(53)14(50)6-70-41/h2-4,14-16,18-39,41-47,49-67H,5-11,48H2,1H3/t14-,15-,16-,18+,19?,20?,21?,22?,23?,24?,25-,26?,27?,28?,29?,30+,31?,32+,33+,34?,35+,36?,37-,38-,39-,41-,42-,43-,44-,45+,46+,47+/m1/s1. The zero-order chi connectivity index (χ0) is 60.5. The zero-order valence-electron chi connectivity index (χ0n) is 43.8. The van der Waals surface area contributed by atoms with Gasteiger partial charge in [0.25, 0.3) is 0 Å². The van der Waals surface area contributed by atoms with Crippen molar-refractivity contribution < 1.29 is 173 Å². The molecule has 7 heterocycles. The minimum atomic E-state index is -2.33. The summed E-state index contributed by atoms with van der Waals surface area (Å²) in [5, 5.41) is 205. The first-order valence-electron chi connectivity index (χ1n) is 26.1. The molecule has 0 saturated carbocycles. The first-order valence-corrected chi connectivity index (χ1v) is 26.1. The maximum absolute atomic E-state index is 12.5. The fourth-order valence-electron chi connectivity index (χ4n) is 9.98. The van der Waals surface area contributed by atoms with E-state index >= 15 is 0 Å². The average molecular weight is 1210 g/mol. The van der Waals surface area contributed by atoms with Gasteiger partial charge in [0.1, 0.15) is 164 Å². The lowest BCUT2D eigenvalue weighted by molar-refractivity contribution is -0.393. The van der Waals surface area contributed by atoms with Gasteiger partial charge in [-0.2, -0.15) is 0 Å². The number of carbonyl (C=O) groups excluding carboxylic acids is 1. The Kier molecular flexibility index (Phi) is 22.6. The Labute approximate surface area is 469 Å². The van der Waals surface area contributed by atoms with E-state index in [1.54, 1.807) is 0 Å². The highest BCUT2D eigenvalue weighted by molar-refractivity contribution is 5.93. The van der Waals surface area contributed by atoms with Crippen LogP contribution in [0.3, 0.4) is 0 Å². The van der Waals surface area contributed by atoms with Crippen molar-refractivity contribution in [2.24, 2.45) is 0 Å². The summed E-state index contributed by atoms with van der Waals surface area (Å²) < 4.78 is 84.5. The number of ether oxygens (including phenoxy) is 15. The molecule has 36 heteroatoms. The Bertz CT molecular complexity index is 2210. The summed E-state index contributed by atoms with van der Waals surface area (Å²) in [7, 11) is 1.07. The quantitative estimate of drug-likeness (QED) is 0.0452. The number of benzene rings is 1. The molecule has 83 heavy (non-hydrogen) atoms. The van der Waals surface area contributed by atoms with Crippen molar-refractivity contribution in [2.75, 3.05) is 59.1 Å². The molecule has 32 atom stereocenters. The van der Waals surface area contributed by atoms with Gasteiger partial charge in [-0.05, 0) is 18.2 Å². The monoisotopic (exact) mass is 1210 g/mol. The molecule has 0 aromatic heterocycles. The van der Waals surface area contributed by atoms with Gasteiger partial charge >= 0.3 is 5.97 Å². The molecule has 7 aliphatic rings. The van der Waals surface area contributed by atoms with E-state index in [0.29, 0.717) is 0 Å². The number of methoxy groups -OCH3 is 1. The van der Waals surface area contributed by atoms with Crippen LogP contribution in [-0.2, 0) is 66.3 Å². The van der Waals surface area contributed by atoms with E-state index in [1.165, 1.54) is 18.2 Å². The smallest absolute Gasteiger partial charge is 0.341 e. The van der Waals surface area contributed by atoms with Gasteiger partial charge in [-0.1, -0.05) is 0 Å². The minimum Gasteiger partial charge on any atom is -0.465 e. The lowest BCUT2D eigenvalue weighted by Gasteiger charge is -2.49. The molecule has 0 bridgehead atoms. The molecule has 7 fully saturated rings. The minimum absolute atomic E-state index is 0.120. The molecular weight excluding hydrogens is 1140 g/mol. The van der Waals surface area contributed by atoms with Crippen LogP contribution in [0.15, 0.2) is 18.2 Å². The first-order chi connectivity index (χ1) is 39.3. The number of carbonyl (C=O) groups is 1. The van der Waals surface area contributed by atoms with Gasteiger partial charge in [0.2, 0.25) is 6.29 Å². The van der Waals surface area contributed by atoms with Crippen molar-refractivity contribution in [1.82, 2.24) is 0 Å². The molecule has 36 nitrogen and oxygen atoms in total. The van der Waals surface area contributed by atoms with Crippen molar-refractivity contribution in [2.45, 2.75) is 197 Å². The molecule has 1 aromatic rings. The molecule has 7 aliphatic heterocycles. The topological polar surface area (TPSA) is 566 Å². The Hall–Kier alpha value is -2.99. The average Bonchev–Trinajstić information content (AvgIpc) is 3.34. The highest BCUT2D eigenvalue weighted by Gasteiger charge is 2.57. The third-order valence-corrected chi connectivity index (χ3v) is 14.9. The Morgan fingerprint density at radius 1 is 0.446 bits per heavy atom. The summed E-state index contributed by atoms with van der Waals surface area (Å²) >= 11 is 0. The van der Waals surface area contributed by atoms with E-state index in [9.17, 15) is 102 Å². The van der Waals surface area contributed by atoms with Crippen LogP contribution in [0.4, 0.5) is 5.69 Å². The van der Waals surface area contributed by atoms with Gasteiger partial charge in [0, 0.05) is 5.69 Å². The molecule has 8 rings (SSSR count). The zero-order valence-corrected chi connectivity index (χ0v) is 43.8. The number of rotatable bonds is 19. The number of anilines is 1. The molecule has 0 radical (unpaired) electrons. The number of aliphatic hydroxyl groups is 19. The molecule has 0 aliphatic carbocycles. The van der Waals surface area contributed by atoms with E-state index in [-0.39, 0.29) is 17.0 Å². The third-order valence-electron chi connectivity index (χ3n) is 14.9. The Morgan fingerprint density at radius 2 is 0.795 bits per heavy atom. The number of aliphatic hydroxyl groups excluding tert-OH is 19. The fourth-order valence-corrected chi connectivity index (χ4v) is 9.98. The van der Waals surface area contributed by atoms with Crippen LogP contribution in [0, 0.1) is 0 Å². The van der Waals surface area contributed by atoms with Crippen LogP contribution < -0.4 is 10.5 Å². The van der Waals surface area contributed by atoms with Gasteiger partial charge in [-0.25, -0.2) is 4.79 Å². The predicted molar refractivity (Wildman–Crippen MR) is 254 cm³/mol. The molecule has 13 unspecified atom stereocenters. The second-order valence-electron chi connectivity index (χ2n) is 20.7. The summed E-state index contributed by atoms with van der Waals surface area (Å²) in [5.74, 6) is -1.14. The number of hydrogen-bond donors (Lipinski definition) is 20. The molecule has 0 spiro atoms. The van der Waals surface area contributed by atoms with E-state index in [2.05, 4.69) is 0 Å². The van der Waals surface area contributed by atoms with Crippen LogP contribution in [0.5, 0.6) is 5.75 Å². The fraction of sp³-hybridized carbons (Fsp3) is 0.851. The third kappa shape index (κ3) is 14.5. The SMILES string of the molecule is COC(=O)c1cc(N)ccc1O[C@@H]1O[C@@H](CO)[C@@H](O[C@@H]2OC(CO[C@H]3OC[C@@H](O)C(O)[C@@H]3O)[C@@H](O[C@@H]3OC(CO[C@H]4OC[C@@H](O)C(O)C4O)[C@@H](O[C@@H]4OC(CO[C@H]5OC[C@@H](O)C(O)[C@@H]5O)[C@@H](O)C(O)[C@@H]4O)C(O)C3O)C(O)[C@@H]2O)C(O)C1O. The highest BCUT2D eigenvalue weighted by atomic mass is 16.8. The van der Waals surface area contributed by atoms with Crippen molar-refractivity contribution in [3.63, 3.8) is 0 Å². The number of nitrogen functional groups attached to an aromatic ring is 1. The van der Waals surface area contributed by atoms with E-state index in [1.807, 2.05) is 0 Å². The lowest BCUT2D eigenvalue weighted by atomic mass is 9.95. The van der Waals surface area contributed by atoms with E-state index in [4.69, 9.17) is 76.8 Å². The number of esters is 1. The van der Waals surface area contributed by atoms with Crippen molar-refractivity contribution in [3.05, 3.63) is 23.8 Å². The summed E-state index contributed by atoms with van der Waals surface area (Å²) in [4.78, 5) is 12.5. The largest absolute Gasteiger partial charge is 0.465 e. The Balaban J connectivity index is 1.02. The van der Waals surface area contributed by atoms with Gasteiger partial charge in [-0.15, -0.1) is 0 Å². The maximum Gasteiger partial charge on any atom is 0.341 e. The molecule has 7 saturated heterocycles. The highest BCUT2D eigenvalue weighted by Crippen LogP contribution is 2.37. The van der Waals surface area contributed by atoms with E-state index < -0.39 is 249 Å². The van der Waals surface area contributed by atoms with Crippen molar-refractivity contribution in [3.8, 4) is 5.75 Å². The number of nitrogens with two attached hydrogens (primary N) is 1. The maximum atomic E-state index is 12.5. The van der Waals surface area contributed by atoms with Crippen LogP contribution in [0.1, 0.15) is 10.4 Å². The van der Waals surface area contributed by atoms with Crippen LogP contribution in [0.2, 0.25) is 0 Å². The molecule has 21 N–H and O–H groups in total. The normalized spacial score (nSPS) is 48.1. The molecule has 1 aromatic carbocycles. The van der Waals surface area contributed by atoms with Crippen molar-refractivity contribution >= 4 is 11.7 Å². The predicted octanol–water partition coefficient (Wildman–Crippen LogP) is -12.9. The van der Waals surface area contributed by atoms with Gasteiger partial charge < -0.3 is 174 Å². The van der Waals surface area contributed by atoms with Gasteiger partial charge in [0.05, 0.1) is 53.4 Å². The Morgan fingerprint density at radius 3 is 1.20 bits per heavy atom. The number of hydrogen-bond acceptors (Lipinski definition) is 36. The lowest BCUT2D eigenvalue weighted by Crippen LogP contribution is -2.68. The van der Waals surface area contributed by atoms with Crippen LogP contribution in [-0.4, -0.2) is 353 Å². The molecule has 476 valence electrons. The van der Waals surface area contributed by atoms with Crippen LogP contribution in [0.25, 0.3) is 0 Å². The first kappa shape index (κ1) is 66.0.